The third-order valence-corrected chi connectivity index (χ3v) is 2.59. The summed E-state index contributed by atoms with van der Waals surface area (Å²) in [4.78, 5) is 17.1. The maximum atomic E-state index is 11.9. The molecule has 0 unspecified atom stereocenters. The van der Waals surface area contributed by atoms with Crippen LogP contribution in [0.5, 0.6) is 0 Å². The lowest BCUT2D eigenvalue weighted by Gasteiger charge is -2.07. The van der Waals surface area contributed by atoms with Crippen LogP contribution in [0.4, 0.5) is 0 Å². The molecule has 2 rings (SSSR count). The van der Waals surface area contributed by atoms with E-state index in [4.69, 9.17) is 4.84 Å². The smallest absolute Gasteiger partial charge is 0.269 e. The summed E-state index contributed by atoms with van der Waals surface area (Å²) < 4.78 is 0. The molecule has 19 heavy (non-hydrogen) atoms. The second-order valence-electron chi connectivity index (χ2n) is 4.19. The van der Waals surface area contributed by atoms with E-state index in [9.17, 15) is 4.79 Å². The average Bonchev–Trinajstić information content (AvgIpc) is 2.42. The molecule has 1 amide bonds. The molecule has 1 N–H and O–H groups in total. The van der Waals surface area contributed by atoms with Crippen LogP contribution in [0.2, 0.25) is 0 Å². The van der Waals surface area contributed by atoms with Gasteiger partial charge in [0.1, 0.15) is 0 Å². The van der Waals surface area contributed by atoms with Crippen molar-refractivity contribution < 1.29 is 9.63 Å². The third kappa shape index (κ3) is 3.59. The van der Waals surface area contributed by atoms with E-state index < -0.39 is 0 Å². The summed E-state index contributed by atoms with van der Waals surface area (Å²) in [5.41, 5.74) is 5.14. The molecule has 0 saturated carbocycles. The molecule has 0 atom stereocenters. The molecule has 1 aromatic carbocycles. The van der Waals surface area contributed by atoms with Gasteiger partial charge in [-0.05, 0) is 25.5 Å². The Morgan fingerprint density at radius 3 is 2.68 bits per heavy atom. The van der Waals surface area contributed by atoms with Gasteiger partial charge in [0, 0.05) is 0 Å². The number of aryl methyl sites for hydroxylation is 2. The minimum Gasteiger partial charge on any atom is -0.269 e. The molecule has 0 saturated heterocycles. The van der Waals surface area contributed by atoms with Crippen LogP contribution in [0.25, 0.3) is 0 Å². The Morgan fingerprint density at radius 1 is 1.21 bits per heavy atom. The highest BCUT2D eigenvalue weighted by atomic mass is 16.6. The molecule has 0 aliphatic rings. The summed E-state index contributed by atoms with van der Waals surface area (Å²) in [6, 6.07) is 11.3. The van der Waals surface area contributed by atoms with Gasteiger partial charge < -0.3 is 0 Å². The molecule has 5 nitrogen and oxygen atoms in total. The highest BCUT2D eigenvalue weighted by Crippen LogP contribution is 2.05. The molecule has 0 bridgehead atoms. The quantitative estimate of drug-likeness (QED) is 0.850. The molecule has 2 aromatic rings. The number of benzene rings is 1. The summed E-state index contributed by atoms with van der Waals surface area (Å²) >= 11 is 0. The van der Waals surface area contributed by atoms with Gasteiger partial charge in [-0.3, -0.25) is 9.63 Å². The predicted molar refractivity (Wildman–Crippen MR) is 70.2 cm³/mol. The topological polar surface area (TPSA) is 64.1 Å². The van der Waals surface area contributed by atoms with E-state index in [0.717, 1.165) is 5.56 Å². The predicted octanol–water partition coefficient (Wildman–Crippen LogP) is 1.96. The van der Waals surface area contributed by atoms with Gasteiger partial charge in [-0.2, -0.15) is 10.2 Å². The van der Waals surface area contributed by atoms with Gasteiger partial charge in [-0.1, -0.05) is 30.3 Å². The van der Waals surface area contributed by atoms with Gasteiger partial charge in [0.2, 0.25) is 0 Å². The Balaban J connectivity index is 1.93. The first kappa shape index (κ1) is 13.2. The second kappa shape index (κ2) is 6.06. The monoisotopic (exact) mass is 257 g/mol. The summed E-state index contributed by atoms with van der Waals surface area (Å²) in [6.45, 7) is 3.84. The van der Waals surface area contributed by atoms with Gasteiger partial charge in [-0.25, -0.2) is 5.48 Å². The number of nitrogens with zero attached hydrogens (tertiary/aromatic N) is 2. The van der Waals surface area contributed by atoms with Gasteiger partial charge >= 0.3 is 0 Å². The van der Waals surface area contributed by atoms with E-state index in [1.165, 1.54) is 0 Å². The largest absolute Gasteiger partial charge is 0.276 e. The minimum atomic E-state index is -0.313. The fourth-order valence-corrected chi connectivity index (χ4v) is 1.59. The number of aromatic nitrogens is 2. The fraction of sp³-hybridized carbons (Fsp3) is 0.214. The second-order valence-corrected chi connectivity index (χ2v) is 4.19. The van der Waals surface area contributed by atoms with Crippen LogP contribution in [-0.2, 0) is 11.4 Å². The maximum Gasteiger partial charge on any atom is 0.276 e. The number of amides is 1. The summed E-state index contributed by atoms with van der Waals surface area (Å²) in [5.74, 6) is -0.313. The third-order valence-electron chi connectivity index (χ3n) is 2.59. The normalized spacial score (nSPS) is 10.2. The van der Waals surface area contributed by atoms with Crippen molar-refractivity contribution in [1.29, 1.82) is 0 Å². The van der Waals surface area contributed by atoms with Crippen LogP contribution in [0.1, 0.15) is 27.3 Å². The van der Waals surface area contributed by atoms with Crippen LogP contribution in [0.15, 0.2) is 36.4 Å². The standard InChI is InChI=1S/C14H15N3O2/c1-10-8-13(11(2)16-15-10)14(18)17-19-9-12-6-4-3-5-7-12/h3-8H,9H2,1-2H3,(H,17,18). The van der Waals surface area contributed by atoms with E-state index in [0.29, 0.717) is 23.6 Å². The Kier molecular flexibility index (Phi) is 4.20. The lowest BCUT2D eigenvalue weighted by molar-refractivity contribution is 0.0232. The van der Waals surface area contributed by atoms with E-state index in [-0.39, 0.29) is 5.91 Å². The Labute approximate surface area is 111 Å². The van der Waals surface area contributed by atoms with Crippen LogP contribution in [-0.4, -0.2) is 16.1 Å². The van der Waals surface area contributed by atoms with Crippen molar-refractivity contribution in [1.82, 2.24) is 15.7 Å². The number of hydrogen-bond donors (Lipinski definition) is 1. The van der Waals surface area contributed by atoms with Crippen molar-refractivity contribution in [3.63, 3.8) is 0 Å². The SMILES string of the molecule is Cc1cc(C(=O)NOCc2ccccc2)c(C)nn1. The van der Waals surface area contributed by atoms with Gasteiger partial charge in [-0.15, -0.1) is 0 Å². The van der Waals surface area contributed by atoms with E-state index in [1.54, 1.807) is 19.9 Å². The molecule has 0 fully saturated rings. The van der Waals surface area contributed by atoms with Gasteiger partial charge in [0.05, 0.1) is 23.6 Å². The Hall–Kier alpha value is -2.27. The molecule has 0 spiro atoms. The molecule has 0 aliphatic heterocycles. The van der Waals surface area contributed by atoms with Crippen molar-refractivity contribution in [2.75, 3.05) is 0 Å². The number of nitrogens with one attached hydrogen (secondary N) is 1. The number of hydroxylamine groups is 1. The highest BCUT2D eigenvalue weighted by Gasteiger charge is 2.10. The number of rotatable bonds is 4. The van der Waals surface area contributed by atoms with Crippen LogP contribution in [0, 0.1) is 13.8 Å². The molecule has 1 aromatic heterocycles. The van der Waals surface area contributed by atoms with Crippen molar-refractivity contribution in [2.45, 2.75) is 20.5 Å². The first-order valence-corrected chi connectivity index (χ1v) is 5.94. The number of carbonyl (C=O) groups excluding carboxylic acids is 1. The maximum absolute atomic E-state index is 11.9. The zero-order valence-electron chi connectivity index (χ0n) is 10.9. The van der Waals surface area contributed by atoms with Crippen molar-refractivity contribution in [2.24, 2.45) is 0 Å². The van der Waals surface area contributed by atoms with Gasteiger partial charge in [0.15, 0.2) is 0 Å². The van der Waals surface area contributed by atoms with Crippen molar-refractivity contribution >= 4 is 5.91 Å². The summed E-state index contributed by atoms with van der Waals surface area (Å²) in [5, 5.41) is 7.78. The van der Waals surface area contributed by atoms with E-state index in [2.05, 4.69) is 15.7 Å². The van der Waals surface area contributed by atoms with Gasteiger partial charge in [0.25, 0.3) is 5.91 Å². The van der Waals surface area contributed by atoms with Crippen molar-refractivity contribution in [3.05, 3.63) is 58.9 Å². The first-order chi connectivity index (χ1) is 9.16. The summed E-state index contributed by atoms with van der Waals surface area (Å²) in [7, 11) is 0. The Morgan fingerprint density at radius 2 is 1.95 bits per heavy atom. The Bertz CT molecular complexity index is 570. The zero-order valence-corrected chi connectivity index (χ0v) is 10.9. The molecule has 5 heteroatoms. The van der Waals surface area contributed by atoms with E-state index >= 15 is 0 Å². The average molecular weight is 257 g/mol. The van der Waals surface area contributed by atoms with Crippen LogP contribution >= 0.6 is 0 Å². The molecule has 1 heterocycles. The lowest BCUT2D eigenvalue weighted by atomic mass is 10.2. The molecular formula is C14H15N3O2. The minimum absolute atomic E-state index is 0.313. The van der Waals surface area contributed by atoms with E-state index in [1.807, 2.05) is 30.3 Å². The molecule has 98 valence electrons. The number of carbonyl (C=O) groups is 1. The molecular weight excluding hydrogens is 242 g/mol. The summed E-state index contributed by atoms with van der Waals surface area (Å²) in [6.07, 6.45) is 0. The van der Waals surface area contributed by atoms with Crippen LogP contribution in [0.3, 0.4) is 0 Å². The first-order valence-electron chi connectivity index (χ1n) is 5.94. The highest BCUT2D eigenvalue weighted by molar-refractivity contribution is 5.94. The van der Waals surface area contributed by atoms with Crippen molar-refractivity contribution in [3.8, 4) is 0 Å². The molecule has 0 radical (unpaired) electrons. The lowest BCUT2D eigenvalue weighted by Crippen LogP contribution is -2.25. The zero-order chi connectivity index (χ0) is 13.7. The fourth-order valence-electron chi connectivity index (χ4n) is 1.59. The molecule has 0 aliphatic carbocycles. The van der Waals surface area contributed by atoms with Crippen LogP contribution < -0.4 is 5.48 Å². The number of hydrogen-bond acceptors (Lipinski definition) is 4.